The van der Waals surface area contributed by atoms with Crippen LogP contribution in [0.3, 0.4) is 0 Å². The summed E-state index contributed by atoms with van der Waals surface area (Å²) in [5.41, 5.74) is 6.56. The normalized spacial score (nSPS) is 23.5. The highest BCUT2D eigenvalue weighted by Crippen LogP contribution is 2.17. The van der Waals surface area contributed by atoms with E-state index in [-0.39, 0.29) is 23.9 Å². The zero-order valence-electron chi connectivity index (χ0n) is 11.2. The minimum absolute atomic E-state index is 0.000610. The molecule has 0 aliphatic carbocycles. The van der Waals surface area contributed by atoms with Crippen molar-refractivity contribution in [1.29, 1.82) is 0 Å². The monoisotopic (exact) mass is 266 g/mol. The summed E-state index contributed by atoms with van der Waals surface area (Å²) < 4.78 is 18.8. The summed E-state index contributed by atoms with van der Waals surface area (Å²) in [6.07, 6.45) is -0.123. The molecule has 1 heterocycles. The van der Waals surface area contributed by atoms with Crippen molar-refractivity contribution in [2.45, 2.75) is 26.0 Å². The first-order valence-electron chi connectivity index (χ1n) is 6.41. The number of ether oxygens (including phenoxy) is 1. The van der Waals surface area contributed by atoms with Crippen molar-refractivity contribution in [2.24, 2.45) is 5.73 Å². The summed E-state index contributed by atoms with van der Waals surface area (Å²) in [6.45, 7) is 4.93. The fourth-order valence-electron chi connectivity index (χ4n) is 2.19. The van der Waals surface area contributed by atoms with Gasteiger partial charge in [0.2, 0.25) is 0 Å². The van der Waals surface area contributed by atoms with E-state index in [9.17, 15) is 9.18 Å². The maximum atomic E-state index is 13.2. The summed E-state index contributed by atoms with van der Waals surface area (Å²) in [6, 6.07) is 4.43. The number of hydrogen-bond donors (Lipinski definition) is 1. The molecule has 4 nitrogen and oxygen atoms in total. The van der Waals surface area contributed by atoms with Crippen molar-refractivity contribution in [3.05, 3.63) is 35.1 Å². The molecule has 1 aromatic carbocycles. The number of hydrogen-bond acceptors (Lipinski definition) is 3. The lowest BCUT2D eigenvalue weighted by atomic mass is 10.1. The number of aryl methyl sites for hydroxylation is 1. The third-order valence-electron chi connectivity index (χ3n) is 3.43. The maximum Gasteiger partial charge on any atom is 0.254 e. The number of morpholine rings is 1. The first kappa shape index (κ1) is 14.0. The summed E-state index contributed by atoms with van der Waals surface area (Å²) in [5, 5.41) is 0. The van der Waals surface area contributed by atoms with Gasteiger partial charge in [-0.2, -0.15) is 0 Å². The Morgan fingerprint density at radius 1 is 1.58 bits per heavy atom. The summed E-state index contributed by atoms with van der Waals surface area (Å²) in [4.78, 5) is 14.2. The van der Waals surface area contributed by atoms with Gasteiger partial charge in [0.15, 0.2) is 0 Å². The quantitative estimate of drug-likeness (QED) is 0.878. The largest absolute Gasteiger partial charge is 0.373 e. The SMILES string of the molecule is Cc1cc(C(=O)N2CC(CN)OCC2C)ccc1F. The standard InChI is InChI=1S/C14H19FN2O2/c1-9-5-11(3-4-13(9)15)14(18)17-7-12(6-16)19-8-10(17)2/h3-5,10,12H,6-8,16H2,1-2H3. The third kappa shape index (κ3) is 2.93. The van der Waals surface area contributed by atoms with Crippen LogP contribution in [0.15, 0.2) is 18.2 Å². The second-order valence-electron chi connectivity index (χ2n) is 4.96. The lowest BCUT2D eigenvalue weighted by molar-refractivity contribution is -0.0426. The predicted molar refractivity (Wildman–Crippen MR) is 70.4 cm³/mol. The van der Waals surface area contributed by atoms with Crippen LogP contribution in [0.2, 0.25) is 0 Å². The first-order valence-corrected chi connectivity index (χ1v) is 6.41. The lowest BCUT2D eigenvalue weighted by Gasteiger charge is -2.37. The Kier molecular flexibility index (Phi) is 4.17. The Hall–Kier alpha value is -1.46. The molecule has 1 saturated heterocycles. The number of carbonyl (C=O) groups is 1. The van der Waals surface area contributed by atoms with Crippen molar-refractivity contribution < 1.29 is 13.9 Å². The van der Waals surface area contributed by atoms with Crippen LogP contribution in [-0.2, 0) is 4.74 Å². The Morgan fingerprint density at radius 3 is 2.95 bits per heavy atom. The van der Waals surface area contributed by atoms with Gasteiger partial charge in [0.25, 0.3) is 5.91 Å². The van der Waals surface area contributed by atoms with Crippen molar-refractivity contribution in [2.75, 3.05) is 19.7 Å². The van der Waals surface area contributed by atoms with Gasteiger partial charge >= 0.3 is 0 Å². The van der Waals surface area contributed by atoms with E-state index in [1.165, 1.54) is 12.1 Å². The highest BCUT2D eigenvalue weighted by atomic mass is 19.1. The Balaban J connectivity index is 2.19. The van der Waals surface area contributed by atoms with Crippen LogP contribution in [0, 0.1) is 12.7 Å². The fourth-order valence-corrected chi connectivity index (χ4v) is 2.19. The second kappa shape index (κ2) is 5.67. The molecule has 2 unspecified atom stereocenters. The molecule has 0 aromatic heterocycles. The van der Waals surface area contributed by atoms with Gasteiger partial charge in [-0.1, -0.05) is 0 Å². The van der Waals surface area contributed by atoms with Gasteiger partial charge < -0.3 is 15.4 Å². The number of rotatable bonds is 2. The number of nitrogens with zero attached hydrogens (tertiary/aromatic N) is 1. The molecular formula is C14H19FN2O2. The molecule has 5 heteroatoms. The highest BCUT2D eigenvalue weighted by molar-refractivity contribution is 5.94. The van der Waals surface area contributed by atoms with Gasteiger partial charge in [0.05, 0.1) is 18.8 Å². The van der Waals surface area contributed by atoms with E-state index in [1.807, 2.05) is 6.92 Å². The number of halogens is 1. The molecule has 1 aliphatic heterocycles. The van der Waals surface area contributed by atoms with Gasteiger partial charge in [-0.15, -0.1) is 0 Å². The smallest absolute Gasteiger partial charge is 0.254 e. The van der Waals surface area contributed by atoms with Gasteiger partial charge in [0.1, 0.15) is 5.82 Å². The molecule has 1 aliphatic rings. The topological polar surface area (TPSA) is 55.6 Å². The Morgan fingerprint density at radius 2 is 2.32 bits per heavy atom. The number of amides is 1. The van der Waals surface area contributed by atoms with E-state index in [0.29, 0.717) is 30.8 Å². The molecule has 0 spiro atoms. The minimum Gasteiger partial charge on any atom is -0.373 e. The van der Waals surface area contributed by atoms with E-state index < -0.39 is 0 Å². The Bertz CT molecular complexity index is 479. The van der Waals surface area contributed by atoms with Crippen molar-refractivity contribution >= 4 is 5.91 Å². The fraction of sp³-hybridized carbons (Fsp3) is 0.500. The van der Waals surface area contributed by atoms with Crippen LogP contribution >= 0.6 is 0 Å². The summed E-state index contributed by atoms with van der Waals surface area (Å²) in [7, 11) is 0. The van der Waals surface area contributed by atoms with Crippen molar-refractivity contribution in [3.63, 3.8) is 0 Å². The maximum absolute atomic E-state index is 13.2. The van der Waals surface area contributed by atoms with Gasteiger partial charge in [0, 0.05) is 18.7 Å². The van der Waals surface area contributed by atoms with Crippen LogP contribution in [-0.4, -0.2) is 42.6 Å². The zero-order valence-corrected chi connectivity index (χ0v) is 11.2. The van der Waals surface area contributed by atoms with Crippen LogP contribution in [0.4, 0.5) is 4.39 Å². The molecule has 2 N–H and O–H groups in total. The molecular weight excluding hydrogens is 247 g/mol. The molecule has 2 rings (SSSR count). The molecule has 0 bridgehead atoms. The molecule has 1 fully saturated rings. The minimum atomic E-state index is -0.300. The molecule has 104 valence electrons. The highest BCUT2D eigenvalue weighted by Gasteiger charge is 2.29. The average molecular weight is 266 g/mol. The van der Waals surface area contributed by atoms with E-state index >= 15 is 0 Å². The molecule has 19 heavy (non-hydrogen) atoms. The molecule has 0 radical (unpaired) electrons. The average Bonchev–Trinajstić information content (AvgIpc) is 2.41. The van der Waals surface area contributed by atoms with E-state index in [4.69, 9.17) is 10.5 Å². The first-order chi connectivity index (χ1) is 9.02. The zero-order chi connectivity index (χ0) is 14.0. The van der Waals surface area contributed by atoms with Gasteiger partial charge in [-0.3, -0.25) is 4.79 Å². The molecule has 0 saturated carbocycles. The van der Waals surface area contributed by atoms with Crippen LogP contribution in [0.5, 0.6) is 0 Å². The summed E-state index contributed by atoms with van der Waals surface area (Å²) >= 11 is 0. The van der Waals surface area contributed by atoms with Crippen molar-refractivity contribution in [1.82, 2.24) is 4.90 Å². The van der Waals surface area contributed by atoms with Crippen LogP contribution in [0.1, 0.15) is 22.8 Å². The number of carbonyl (C=O) groups excluding carboxylic acids is 1. The molecule has 1 aromatic rings. The van der Waals surface area contributed by atoms with Gasteiger partial charge in [-0.05, 0) is 37.6 Å². The van der Waals surface area contributed by atoms with E-state index in [1.54, 1.807) is 17.9 Å². The molecule has 2 atom stereocenters. The van der Waals surface area contributed by atoms with E-state index in [0.717, 1.165) is 0 Å². The number of benzene rings is 1. The number of nitrogens with two attached hydrogens (primary N) is 1. The van der Waals surface area contributed by atoms with Gasteiger partial charge in [-0.25, -0.2) is 4.39 Å². The van der Waals surface area contributed by atoms with Crippen LogP contribution < -0.4 is 5.73 Å². The van der Waals surface area contributed by atoms with Crippen LogP contribution in [0.25, 0.3) is 0 Å². The molecule has 1 amide bonds. The lowest BCUT2D eigenvalue weighted by Crippen LogP contribution is -2.52. The van der Waals surface area contributed by atoms with E-state index in [2.05, 4.69) is 0 Å². The summed E-state index contributed by atoms with van der Waals surface area (Å²) in [5.74, 6) is -0.399. The Labute approximate surface area is 112 Å². The third-order valence-corrected chi connectivity index (χ3v) is 3.43. The van der Waals surface area contributed by atoms with Crippen molar-refractivity contribution in [3.8, 4) is 0 Å². The second-order valence-corrected chi connectivity index (χ2v) is 4.96. The predicted octanol–water partition coefficient (Wildman–Crippen LogP) is 1.32.